The molecule has 0 bridgehead atoms. The van der Waals surface area contributed by atoms with Crippen molar-refractivity contribution in [3.05, 3.63) is 95.1 Å². The van der Waals surface area contributed by atoms with Gasteiger partial charge in [0.05, 0.1) is 6.54 Å². The van der Waals surface area contributed by atoms with Gasteiger partial charge in [-0.3, -0.25) is 9.59 Å². The Morgan fingerprint density at radius 3 is 2.03 bits per heavy atom. The summed E-state index contributed by atoms with van der Waals surface area (Å²) >= 11 is 1.49. The molecule has 0 aromatic heterocycles. The number of carbonyl (C=O) groups is 2. The van der Waals surface area contributed by atoms with Crippen LogP contribution in [0.25, 0.3) is 0 Å². The molecule has 1 unspecified atom stereocenters. The number of nitrogens with one attached hydrogen (secondary N) is 1. The largest absolute Gasteiger partial charge is 0.335 e. The molecule has 31 heavy (non-hydrogen) atoms. The number of rotatable bonds is 7. The van der Waals surface area contributed by atoms with Gasteiger partial charge in [-0.25, -0.2) is 0 Å². The Morgan fingerprint density at radius 1 is 0.903 bits per heavy atom. The van der Waals surface area contributed by atoms with Crippen molar-refractivity contribution in [1.29, 1.82) is 0 Å². The molecule has 3 aromatic carbocycles. The monoisotopic (exact) mass is 432 g/mol. The van der Waals surface area contributed by atoms with Crippen molar-refractivity contribution >= 4 is 29.3 Å². The number of benzene rings is 3. The Bertz CT molecular complexity index is 1030. The summed E-state index contributed by atoms with van der Waals surface area (Å²) in [6.07, 6.45) is 0. The SMILES string of the molecule is Cc1cc(C)c(NC(=O)CN(C)C(=O)C(Sc2ccccc2)c2ccccc2)c(C)c1. The molecule has 0 heterocycles. The summed E-state index contributed by atoms with van der Waals surface area (Å²) in [6, 6.07) is 23.6. The number of carbonyl (C=O) groups excluding carboxylic acids is 2. The molecule has 3 rings (SSSR count). The molecule has 1 N–H and O–H groups in total. The second-order valence-corrected chi connectivity index (χ2v) is 8.92. The van der Waals surface area contributed by atoms with Crippen LogP contribution in [0.2, 0.25) is 0 Å². The van der Waals surface area contributed by atoms with Crippen molar-refractivity contribution in [2.45, 2.75) is 30.9 Å². The number of nitrogens with zero attached hydrogens (tertiary/aromatic N) is 1. The maximum Gasteiger partial charge on any atom is 0.243 e. The molecule has 160 valence electrons. The fraction of sp³-hybridized carbons (Fsp3) is 0.231. The Hall–Kier alpha value is -3.05. The molecule has 0 aliphatic heterocycles. The van der Waals surface area contributed by atoms with Crippen LogP contribution in [0.15, 0.2) is 77.7 Å². The number of likely N-dealkylation sites (N-methyl/N-ethyl adjacent to an activating group) is 1. The zero-order chi connectivity index (χ0) is 22.4. The summed E-state index contributed by atoms with van der Waals surface area (Å²) in [6.45, 7) is 5.98. The van der Waals surface area contributed by atoms with E-state index in [0.29, 0.717) is 0 Å². The van der Waals surface area contributed by atoms with Crippen molar-refractivity contribution < 1.29 is 9.59 Å². The smallest absolute Gasteiger partial charge is 0.243 e. The summed E-state index contributed by atoms with van der Waals surface area (Å²) in [5, 5.41) is 2.55. The van der Waals surface area contributed by atoms with E-state index in [2.05, 4.69) is 5.32 Å². The molecular formula is C26H28N2O2S. The lowest BCUT2D eigenvalue weighted by atomic mass is 10.1. The number of thioether (sulfide) groups is 1. The van der Waals surface area contributed by atoms with Gasteiger partial charge in [0, 0.05) is 17.6 Å². The minimum absolute atomic E-state index is 0.00965. The van der Waals surface area contributed by atoms with E-state index in [9.17, 15) is 9.59 Å². The average Bonchev–Trinajstić information content (AvgIpc) is 2.75. The number of anilines is 1. The number of amides is 2. The molecule has 3 aromatic rings. The first-order valence-electron chi connectivity index (χ1n) is 10.2. The van der Waals surface area contributed by atoms with Crippen LogP contribution in [0, 0.1) is 20.8 Å². The van der Waals surface area contributed by atoms with Gasteiger partial charge in [0.25, 0.3) is 0 Å². The highest BCUT2D eigenvalue weighted by Crippen LogP contribution is 2.36. The minimum atomic E-state index is -0.427. The van der Waals surface area contributed by atoms with Crippen molar-refractivity contribution in [2.75, 3.05) is 18.9 Å². The average molecular weight is 433 g/mol. The first-order chi connectivity index (χ1) is 14.8. The van der Waals surface area contributed by atoms with Gasteiger partial charge in [0.2, 0.25) is 11.8 Å². The van der Waals surface area contributed by atoms with Gasteiger partial charge >= 0.3 is 0 Å². The fourth-order valence-electron chi connectivity index (χ4n) is 3.57. The highest BCUT2D eigenvalue weighted by atomic mass is 32.2. The molecule has 2 amide bonds. The third-order valence-electron chi connectivity index (χ3n) is 5.02. The lowest BCUT2D eigenvalue weighted by Crippen LogP contribution is -2.37. The minimum Gasteiger partial charge on any atom is -0.335 e. The molecule has 0 spiro atoms. The molecule has 0 fully saturated rings. The number of hydrogen-bond acceptors (Lipinski definition) is 3. The molecule has 0 aliphatic rings. The van der Waals surface area contributed by atoms with Gasteiger partial charge in [-0.15, -0.1) is 11.8 Å². The first kappa shape index (κ1) is 22.6. The molecule has 0 aliphatic carbocycles. The topological polar surface area (TPSA) is 49.4 Å². The third-order valence-corrected chi connectivity index (χ3v) is 6.28. The fourth-order valence-corrected chi connectivity index (χ4v) is 4.73. The van der Waals surface area contributed by atoms with Crippen molar-refractivity contribution in [3.8, 4) is 0 Å². The summed E-state index contributed by atoms with van der Waals surface area (Å²) < 4.78 is 0. The van der Waals surface area contributed by atoms with Gasteiger partial charge in [-0.05, 0) is 49.6 Å². The number of aryl methyl sites for hydroxylation is 3. The Balaban J connectivity index is 1.74. The second kappa shape index (κ2) is 10.3. The van der Waals surface area contributed by atoms with Crippen molar-refractivity contribution in [2.24, 2.45) is 0 Å². The van der Waals surface area contributed by atoms with Crippen LogP contribution in [0.5, 0.6) is 0 Å². The lowest BCUT2D eigenvalue weighted by Gasteiger charge is -2.24. The second-order valence-electron chi connectivity index (χ2n) is 7.74. The van der Waals surface area contributed by atoms with Crippen LogP contribution in [0.1, 0.15) is 27.5 Å². The Kier molecular flexibility index (Phi) is 7.53. The molecule has 0 saturated carbocycles. The zero-order valence-corrected chi connectivity index (χ0v) is 19.2. The van der Waals surface area contributed by atoms with Gasteiger partial charge in [0.15, 0.2) is 0 Å². The summed E-state index contributed by atoms with van der Waals surface area (Å²) in [5.41, 5.74) is 4.92. The van der Waals surface area contributed by atoms with E-state index >= 15 is 0 Å². The van der Waals surface area contributed by atoms with E-state index < -0.39 is 5.25 Å². The van der Waals surface area contributed by atoms with Gasteiger partial charge in [-0.2, -0.15) is 0 Å². The van der Waals surface area contributed by atoms with Gasteiger partial charge in [-0.1, -0.05) is 66.2 Å². The normalized spacial score (nSPS) is 11.6. The zero-order valence-electron chi connectivity index (χ0n) is 18.4. The van der Waals surface area contributed by atoms with Crippen LogP contribution in [-0.4, -0.2) is 30.3 Å². The quantitative estimate of drug-likeness (QED) is 0.499. The predicted molar refractivity (Wildman–Crippen MR) is 128 cm³/mol. The Morgan fingerprint density at radius 2 is 1.45 bits per heavy atom. The summed E-state index contributed by atoms with van der Waals surface area (Å²) in [7, 11) is 1.68. The highest BCUT2D eigenvalue weighted by Gasteiger charge is 2.26. The number of hydrogen-bond donors (Lipinski definition) is 1. The van der Waals surface area contributed by atoms with E-state index in [4.69, 9.17) is 0 Å². The molecule has 1 atom stereocenters. The van der Waals surface area contributed by atoms with Crippen LogP contribution in [-0.2, 0) is 9.59 Å². The van der Waals surface area contributed by atoms with E-state index in [1.54, 1.807) is 7.05 Å². The Labute approximate surface area is 188 Å². The molecular weight excluding hydrogens is 404 g/mol. The molecule has 0 radical (unpaired) electrons. The van der Waals surface area contributed by atoms with Gasteiger partial charge < -0.3 is 10.2 Å². The van der Waals surface area contributed by atoms with Crippen LogP contribution in [0.4, 0.5) is 5.69 Å². The molecule has 5 heteroatoms. The van der Waals surface area contributed by atoms with Crippen LogP contribution in [0.3, 0.4) is 0 Å². The van der Waals surface area contributed by atoms with E-state index in [1.165, 1.54) is 16.7 Å². The summed E-state index contributed by atoms with van der Waals surface area (Å²) in [5.74, 6) is -0.310. The van der Waals surface area contributed by atoms with Crippen molar-refractivity contribution in [1.82, 2.24) is 4.90 Å². The van der Waals surface area contributed by atoms with E-state index in [1.807, 2.05) is 93.6 Å². The van der Waals surface area contributed by atoms with E-state index in [-0.39, 0.29) is 18.4 Å². The maximum absolute atomic E-state index is 13.3. The maximum atomic E-state index is 13.3. The first-order valence-corrected chi connectivity index (χ1v) is 11.1. The highest BCUT2D eigenvalue weighted by molar-refractivity contribution is 8.00. The van der Waals surface area contributed by atoms with Crippen molar-refractivity contribution in [3.63, 3.8) is 0 Å². The van der Waals surface area contributed by atoms with Crippen LogP contribution >= 0.6 is 11.8 Å². The van der Waals surface area contributed by atoms with Gasteiger partial charge in [0.1, 0.15) is 5.25 Å². The van der Waals surface area contributed by atoms with E-state index in [0.717, 1.165) is 32.8 Å². The molecule has 0 saturated heterocycles. The molecule has 4 nitrogen and oxygen atoms in total. The lowest BCUT2D eigenvalue weighted by molar-refractivity contribution is -0.132. The third kappa shape index (κ3) is 5.98. The van der Waals surface area contributed by atoms with Crippen LogP contribution < -0.4 is 5.32 Å². The summed E-state index contributed by atoms with van der Waals surface area (Å²) in [4.78, 5) is 28.6. The standard InChI is InChI=1S/C26H28N2O2S/c1-18-15-19(2)24(20(3)16-18)27-23(29)17-28(4)26(30)25(21-11-7-5-8-12-21)31-22-13-9-6-10-14-22/h5-16,25H,17H2,1-4H3,(H,27,29). The predicted octanol–water partition coefficient (Wildman–Crippen LogP) is 5.54.